The van der Waals surface area contributed by atoms with Crippen LogP contribution in [-0.2, 0) is 4.79 Å². The van der Waals surface area contributed by atoms with E-state index >= 15 is 0 Å². The van der Waals surface area contributed by atoms with E-state index in [0.29, 0.717) is 5.70 Å². The van der Waals surface area contributed by atoms with Crippen molar-refractivity contribution in [2.75, 3.05) is 25.5 Å². The molecule has 3 nitrogen and oxygen atoms in total. The van der Waals surface area contributed by atoms with Crippen molar-refractivity contribution in [3.05, 3.63) is 47.2 Å². The normalized spacial score (nSPS) is 23.1. The molecule has 0 saturated heterocycles. The van der Waals surface area contributed by atoms with Crippen LogP contribution in [0.15, 0.2) is 41.6 Å². The zero-order valence-corrected chi connectivity index (χ0v) is 10.4. The Morgan fingerprint density at radius 2 is 2.22 bits per heavy atom. The lowest BCUT2D eigenvalue weighted by molar-refractivity contribution is 0.355. The maximum atomic E-state index is 11.1. The lowest BCUT2D eigenvalue weighted by Gasteiger charge is -2.25. The number of rotatable bonds is 1. The Kier molecular flexibility index (Phi) is 2.78. The van der Waals surface area contributed by atoms with E-state index in [2.05, 4.69) is 35.3 Å². The van der Waals surface area contributed by atoms with Crippen molar-refractivity contribution in [2.45, 2.75) is 12.3 Å². The second-order valence-electron chi connectivity index (χ2n) is 4.95. The van der Waals surface area contributed by atoms with E-state index in [-0.39, 0.29) is 5.92 Å². The van der Waals surface area contributed by atoms with Crippen LogP contribution in [0.4, 0.5) is 5.69 Å². The number of carbonyl (C=O) groups excluding carboxylic acids is 1. The number of benzene rings is 1. The van der Waals surface area contributed by atoms with E-state index < -0.39 is 0 Å². The first-order chi connectivity index (χ1) is 8.79. The fourth-order valence-electron chi connectivity index (χ4n) is 2.75. The van der Waals surface area contributed by atoms with Gasteiger partial charge in [-0.25, -0.2) is 4.79 Å². The molecule has 2 aliphatic heterocycles. The summed E-state index contributed by atoms with van der Waals surface area (Å²) in [5.41, 5.74) is 4.24. The average molecular weight is 240 g/mol. The van der Waals surface area contributed by atoms with Crippen LogP contribution in [-0.4, -0.2) is 31.0 Å². The molecule has 3 rings (SSSR count). The first kappa shape index (κ1) is 11.3. The van der Waals surface area contributed by atoms with Gasteiger partial charge in [-0.2, -0.15) is 0 Å². The third kappa shape index (κ3) is 1.78. The molecular weight excluding hydrogens is 224 g/mol. The molecule has 0 aliphatic carbocycles. The van der Waals surface area contributed by atoms with Gasteiger partial charge in [0.25, 0.3) is 0 Å². The van der Waals surface area contributed by atoms with Crippen molar-refractivity contribution in [1.82, 2.24) is 4.90 Å². The molecule has 2 aliphatic rings. The lowest BCUT2D eigenvalue weighted by atomic mass is 9.87. The second kappa shape index (κ2) is 4.45. The van der Waals surface area contributed by atoms with E-state index in [1.165, 1.54) is 11.1 Å². The topological polar surface area (TPSA) is 32.3 Å². The molecule has 18 heavy (non-hydrogen) atoms. The van der Waals surface area contributed by atoms with Gasteiger partial charge in [0.1, 0.15) is 11.6 Å². The third-order valence-corrected chi connectivity index (χ3v) is 3.76. The summed E-state index contributed by atoms with van der Waals surface area (Å²) < 4.78 is 0. The smallest absolute Gasteiger partial charge is 0.146 e. The van der Waals surface area contributed by atoms with Gasteiger partial charge in [-0.3, -0.25) is 0 Å². The SMILES string of the molecule is CN1CC=C(C2C(=C=O)Nc3ccccc32)CC1. The van der Waals surface area contributed by atoms with Crippen molar-refractivity contribution in [2.24, 2.45) is 0 Å². The largest absolute Gasteiger partial charge is 0.349 e. The van der Waals surface area contributed by atoms with E-state index in [1.807, 2.05) is 18.2 Å². The molecule has 1 N–H and O–H groups in total. The van der Waals surface area contributed by atoms with Gasteiger partial charge in [0, 0.05) is 18.8 Å². The third-order valence-electron chi connectivity index (χ3n) is 3.76. The van der Waals surface area contributed by atoms with Crippen molar-refractivity contribution in [3.63, 3.8) is 0 Å². The van der Waals surface area contributed by atoms with Crippen LogP contribution < -0.4 is 5.32 Å². The minimum atomic E-state index is 0.0902. The zero-order valence-electron chi connectivity index (χ0n) is 10.4. The second-order valence-corrected chi connectivity index (χ2v) is 4.95. The molecule has 1 unspecified atom stereocenters. The van der Waals surface area contributed by atoms with Crippen LogP contribution >= 0.6 is 0 Å². The molecule has 1 atom stereocenters. The number of fused-ring (bicyclic) bond motifs is 1. The van der Waals surface area contributed by atoms with Gasteiger partial charge in [-0.1, -0.05) is 29.8 Å². The highest BCUT2D eigenvalue weighted by Gasteiger charge is 2.31. The van der Waals surface area contributed by atoms with Gasteiger partial charge < -0.3 is 10.2 Å². The Morgan fingerprint density at radius 1 is 1.39 bits per heavy atom. The van der Waals surface area contributed by atoms with E-state index in [1.54, 1.807) is 0 Å². The number of anilines is 1. The van der Waals surface area contributed by atoms with E-state index in [0.717, 1.165) is 25.2 Å². The van der Waals surface area contributed by atoms with Gasteiger partial charge in [0.2, 0.25) is 0 Å². The van der Waals surface area contributed by atoms with E-state index in [4.69, 9.17) is 0 Å². The Bertz CT molecular complexity index is 555. The molecule has 92 valence electrons. The monoisotopic (exact) mass is 240 g/mol. The summed E-state index contributed by atoms with van der Waals surface area (Å²) in [6, 6.07) is 8.12. The summed E-state index contributed by atoms with van der Waals surface area (Å²) >= 11 is 0. The number of hydrogen-bond acceptors (Lipinski definition) is 3. The molecule has 1 aromatic rings. The molecule has 0 radical (unpaired) electrons. The minimum Gasteiger partial charge on any atom is -0.349 e. The summed E-state index contributed by atoms with van der Waals surface area (Å²) in [5.74, 6) is 2.16. The average Bonchev–Trinajstić information content (AvgIpc) is 2.78. The zero-order chi connectivity index (χ0) is 12.5. The van der Waals surface area contributed by atoms with Crippen LogP contribution in [0.2, 0.25) is 0 Å². The Balaban J connectivity index is 2.02. The predicted molar refractivity (Wildman–Crippen MR) is 72.2 cm³/mol. The highest BCUT2D eigenvalue weighted by atomic mass is 16.1. The van der Waals surface area contributed by atoms with Gasteiger partial charge in [-0.05, 0) is 25.1 Å². The summed E-state index contributed by atoms with van der Waals surface area (Å²) in [6.07, 6.45) is 3.26. The number of nitrogens with zero attached hydrogens (tertiary/aromatic N) is 1. The molecule has 1 aromatic carbocycles. The first-order valence-electron chi connectivity index (χ1n) is 6.28. The summed E-state index contributed by atoms with van der Waals surface area (Å²) in [7, 11) is 2.12. The number of hydrogen-bond donors (Lipinski definition) is 1. The van der Waals surface area contributed by atoms with Gasteiger partial charge in [0.15, 0.2) is 0 Å². The van der Waals surface area contributed by atoms with Crippen molar-refractivity contribution in [3.8, 4) is 0 Å². The number of likely N-dealkylation sites (N-methyl/N-ethyl adjacent to an activating group) is 1. The molecule has 3 heteroatoms. The van der Waals surface area contributed by atoms with Gasteiger partial charge >= 0.3 is 0 Å². The van der Waals surface area contributed by atoms with Crippen LogP contribution in [0.1, 0.15) is 17.9 Å². The minimum absolute atomic E-state index is 0.0902. The number of allylic oxidation sites excluding steroid dienone is 1. The summed E-state index contributed by atoms with van der Waals surface area (Å²) in [6.45, 7) is 2.01. The molecule has 0 fully saturated rings. The van der Waals surface area contributed by atoms with E-state index in [9.17, 15) is 4.79 Å². The standard InChI is InChI=1S/C15H16N2O/c1-17-8-6-11(7-9-17)15-12-4-2-3-5-13(12)16-14(15)10-18/h2-6,15-16H,7-9H2,1H3. The van der Waals surface area contributed by atoms with Gasteiger partial charge in [0.05, 0.1) is 5.92 Å². The molecule has 2 heterocycles. The molecule has 0 spiro atoms. The van der Waals surface area contributed by atoms with Crippen LogP contribution in [0.3, 0.4) is 0 Å². The van der Waals surface area contributed by atoms with Crippen molar-refractivity contribution in [1.29, 1.82) is 0 Å². The van der Waals surface area contributed by atoms with Crippen molar-refractivity contribution >= 4 is 11.6 Å². The van der Waals surface area contributed by atoms with Crippen LogP contribution in [0.5, 0.6) is 0 Å². The molecule has 0 saturated carbocycles. The Labute approximate surface area is 107 Å². The molecule has 0 aromatic heterocycles. The fourth-order valence-corrected chi connectivity index (χ4v) is 2.75. The van der Waals surface area contributed by atoms with Crippen LogP contribution in [0, 0.1) is 0 Å². The fraction of sp³-hybridized carbons (Fsp3) is 0.333. The predicted octanol–water partition coefficient (Wildman–Crippen LogP) is 2.17. The Hall–Kier alpha value is -1.83. The highest BCUT2D eigenvalue weighted by molar-refractivity contribution is 5.76. The summed E-state index contributed by atoms with van der Waals surface area (Å²) in [4.78, 5) is 13.4. The highest BCUT2D eigenvalue weighted by Crippen LogP contribution is 2.43. The maximum Gasteiger partial charge on any atom is 0.146 e. The molecule has 0 bridgehead atoms. The Morgan fingerprint density at radius 3 is 2.94 bits per heavy atom. The van der Waals surface area contributed by atoms with Crippen LogP contribution in [0.25, 0.3) is 0 Å². The lowest BCUT2D eigenvalue weighted by Crippen LogP contribution is -2.25. The molecular formula is C15H16N2O. The number of para-hydroxylation sites is 1. The summed E-state index contributed by atoms with van der Waals surface area (Å²) in [5, 5.41) is 3.18. The number of nitrogens with one attached hydrogen (secondary N) is 1. The van der Waals surface area contributed by atoms with Crippen molar-refractivity contribution < 1.29 is 4.79 Å². The first-order valence-corrected chi connectivity index (χ1v) is 6.28. The molecule has 0 amide bonds. The van der Waals surface area contributed by atoms with Gasteiger partial charge in [-0.15, -0.1) is 0 Å². The maximum absolute atomic E-state index is 11.1. The quantitative estimate of drug-likeness (QED) is 0.603.